The first kappa shape index (κ1) is 19.0. The summed E-state index contributed by atoms with van der Waals surface area (Å²) in [4.78, 5) is 12.0. The van der Waals surface area contributed by atoms with E-state index in [1.165, 1.54) is 12.1 Å². The summed E-state index contributed by atoms with van der Waals surface area (Å²) in [6.07, 6.45) is -0.606. The van der Waals surface area contributed by atoms with E-state index < -0.39 is 18.1 Å². The van der Waals surface area contributed by atoms with Crippen molar-refractivity contribution in [1.82, 2.24) is 0 Å². The van der Waals surface area contributed by atoms with Crippen LogP contribution < -0.4 is 9.47 Å². The molecule has 0 radical (unpaired) electrons. The summed E-state index contributed by atoms with van der Waals surface area (Å²) >= 11 is 0. The average Bonchev–Trinajstić information content (AvgIpc) is 2.77. The highest BCUT2D eigenvalue weighted by Crippen LogP contribution is 2.36. The SMILES string of the molecule is O=C(COc1ccccc1)OCc1cc(F)cc2c1O[C@H](c1ccccc1)OC2. The van der Waals surface area contributed by atoms with E-state index in [2.05, 4.69) is 0 Å². The first-order valence-corrected chi connectivity index (χ1v) is 9.17. The van der Waals surface area contributed by atoms with E-state index >= 15 is 0 Å². The summed E-state index contributed by atoms with van der Waals surface area (Å²) in [5.74, 6) is 0.0429. The van der Waals surface area contributed by atoms with Crippen molar-refractivity contribution in [1.29, 1.82) is 0 Å². The second-order valence-corrected chi connectivity index (χ2v) is 6.49. The zero-order valence-electron chi connectivity index (χ0n) is 15.5. The van der Waals surface area contributed by atoms with Gasteiger partial charge in [0.05, 0.1) is 6.61 Å². The predicted molar refractivity (Wildman–Crippen MR) is 103 cm³/mol. The average molecular weight is 394 g/mol. The maximum absolute atomic E-state index is 14.0. The molecule has 0 fully saturated rings. The lowest BCUT2D eigenvalue weighted by molar-refractivity contribution is -0.147. The molecule has 1 aliphatic rings. The summed E-state index contributed by atoms with van der Waals surface area (Å²) in [6.45, 7) is -0.165. The van der Waals surface area contributed by atoms with E-state index in [-0.39, 0.29) is 19.8 Å². The Morgan fingerprint density at radius 3 is 2.52 bits per heavy atom. The van der Waals surface area contributed by atoms with Crippen molar-refractivity contribution < 1.29 is 28.1 Å². The summed E-state index contributed by atoms with van der Waals surface area (Å²) < 4.78 is 36.3. The number of benzene rings is 3. The van der Waals surface area contributed by atoms with Gasteiger partial charge in [-0.05, 0) is 24.3 Å². The van der Waals surface area contributed by atoms with Gasteiger partial charge in [0.1, 0.15) is 23.9 Å². The lowest BCUT2D eigenvalue weighted by Crippen LogP contribution is -2.20. The largest absolute Gasteiger partial charge is 0.482 e. The van der Waals surface area contributed by atoms with Gasteiger partial charge in [0.15, 0.2) is 6.61 Å². The molecular weight excluding hydrogens is 375 g/mol. The van der Waals surface area contributed by atoms with Gasteiger partial charge in [0.2, 0.25) is 6.29 Å². The quantitative estimate of drug-likeness (QED) is 0.574. The summed E-state index contributed by atoms with van der Waals surface area (Å²) in [5.41, 5.74) is 1.86. The van der Waals surface area contributed by atoms with Gasteiger partial charge in [-0.15, -0.1) is 0 Å². The Balaban J connectivity index is 1.43. The third-order valence-electron chi connectivity index (χ3n) is 4.38. The van der Waals surface area contributed by atoms with Crippen molar-refractivity contribution in [3.63, 3.8) is 0 Å². The van der Waals surface area contributed by atoms with E-state index in [9.17, 15) is 9.18 Å². The topological polar surface area (TPSA) is 54.0 Å². The van der Waals surface area contributed by atoms with Gasteiger partial charge in [-0.25, -0.2) is 9.18 Å². The Kier molecular flexibility index (Phi) is 5.72. The fourth-order valence-electron chi connectivity index (χ4n) is 3.02. The van der Waals surface area contributed by atoms with Crippen LogP contribution in [0, 0.1) is 5.82 Å². The number of carbonyl (C=O) groups excluding carboxylic acids is 1. The molecule has 5 nitrogen and oxygen atoms in total. The first-order valence-electron chi connectivity index (χ1n) is 9.17. The number of ether oxygens (including phenoxy) is 4. The van der Waals surface area contributed by atoms with Crippen LogP contribution in [0.5, 0.6) is 11.5 Å². The molecule has 0 saturated heterocycles. The van der Waals surface area contributed by atoms with E-state index in [1.54, 1.807) is 12.1 Å². The minimum Gasteiger partial charge on any atom is -0.482 e. The zero-order chi connectivity index (χ0) is 20.1. The smallest absolute Gasteiger partial charge is 0.344 e. The predicted octanol–water partition coefficient (Wildman–Crippen LogP) is 4.56. The number of esters is 1. The van der Waals surface area contributed by atoms with Gasteiger partial charge in [-0.2, -0.15) is 0 Å². The van der Waals surface area contributed by atoms with Crippen LogP contribution in [0.1, 0.15) is 23.0 Å². The molecule has 148 valence electrons. The zero-order valence-corrected chi connectivity index (χ0v) is 15.5. The fraction of sp³-hybridized carbons (Fsp3) is 0.174. The summed E-state index contributed by atoms with van der Waals surface area (Å²) in [7, 11) is 0. The minimum absolute atomic E-state index is 0.126. The van der Waals surface area contributed by atoms with Gasteiger partial charge in [-0.1, -0.05) is 48.5 Å². The standard InChI is InChI=1S/C23H19FO5/c24-19-11-17(13-27-21(25)15-26-20-9-5-2-6-10-20)22-18(12-19)14-28-23(29-22)16-7-3-1-4-8-16/h1-12,23H,13-15H2/t23-/m1/s1. The van der Waals surface area contributed by atoms with Gasteiger partial charge in [0.25, 0.3) is 0 Å². The molecule has 0 N–H and O–H groups in total. The van der Waals surface area contributed by atoms with Gasteiger partial charge in [-0.3, -0.25) is 0 Å². The van der Waals surface area contributed by atoms with Crippen molar-refractivity contribution >= 4 is 5.97 Å². The number of hydrogen-bond acceptors (Lipinski definition) is 5. The Morgan fingerprint density at radius 1 is 1.03 bits per heavy atom. The van der Waals surface area contributed by atoms with Crippen LogP contribution in [0.2, 0.25) is 0 Å². The molecule has 0 spiro atoms. The molecular formula is C23H19FO5. The van der Waals surface area contributed by atoms with E-state index in [1.807, 2.05) is 48.5 Å². The van der Waals surface area contributed by atoms with Gasteiger partial charge >= 0.3 is 5.97 Å². The highest BCUT2D eigenvalue weighted by Gasteiger charge is 2.25. The Bertz CT molecular complexity index is 975. The fourth-order valence-corrected chi connectivity index (χ4v) is 3.02. The highest BCUT2D eigenvalue weighted by atomic mass is 19.1. The number of hydrogen-bond donors (Lipinski definition) is 0. The molecule has 0 aromatic heterocycles. The van der Waals surface area contributed by atoms with E-state index in [4.69, 9.17) is 18.9 Å². The van der Waals surface area contributed by atoms with Crippen molar-refractivity contribution in [3.05, 3.63) is 95.3 Å². The Labute approximate surface area is 167 Å². The highest BCUT2D eigenvalue weighted by molar-refractivity contribution is 5.71. The molecule has 3 aromatic rings. The van der Waals surface area contributed by atoms with Crippen LogP contribution in [0.3, 0.4) is 0 Å². The van der Waals surface area contributed by atoms with Crippen LogP contribution in [0.15, 0.2) is 72.8 Å². The van der Waals surface area contributed by atoms with Crippen molar-refractivity contribution in [2.45, 2.75) is 19.5 Å². The van der Waals surface area contributed by atoms with Gasteiger partial charge < -0.3 is 18.9 Å². The molecule has 29 heavy (non-hydrogen) atoms. The van der Waals surface area contributed by atoms with Crippen molar-refractivity contribution in [2.24, 2.45) is 0 Å². The van der Waals surface area contributed by atoms with Crippen LogP contribution >= 0.6 is 0 Å². The molecule has 4 rings (SSSR count). The molecule has 0 unspecified atom stereocenters. The van der Waals surface area contributed by atoms with Crippen LogP contribution in [-0.2, 0) is 27.5 Å². The lowest BCUT2D eigenvalue weighted by atomic mass is 10.1. The van der Waals surface area contributed by atoms with Gasteiger partial charge in [0, 0.05) is 16.7 Å². The molecule has 0 amide bonds. The molecule has 0 aliphatic carbocycles. The number of rotatable bonds is 6. The van der Waals surface area contributed by atoms with Crippen LogP contribution in [0.25, 0.3) is 0 Å². The lowest BCUT2D eigenvalue weighted by Gasteiger charge is -2.28. The second-order valence-electron chi connectivity index (χ2n) is 6.49. The summed E-state index contributed by atoms with van der Waals surface area (Å²) in [6, 6.07) is 21.1. The number of fused-ring (bicyclic) bond motifs is 1. The van der Waals surface area contributed by atoms with E-state index in [0.29, 0.717) is 22.6 Å². The third-order valence-corrected chi connectivity index (χ3v) is 4.38. The molecule has 6 heteroatoms. The maximum atomic E-state index is 14.0. The van der Waals surface area contributed by atoms with Crippen LogP contribution in [-0.4, -0.2) is 12.6 Å². The Hall–Kier alpha value is -3.38. The minimum atomic E-state index is -0.606. The van der Waals surface area contributed by atoms with Crippen molar-refractivity contribution in [2.75, 3.05) is 6.61 Å². The monoisotopic (exact) mass is 394 g/mol. The number of halogens is 1. The van der Waals surface area contributed by atoms with Crippen LogP contribution in [0.4, 0.5) is 4.39 Å². The van der Waals surface area contributed by atoms with Crippen molar-refractivity contribution in [3.8, 4) is 11.5 Å². The third kappa shape index (κ3) is 4.73. The summed E-state index contributed by atoms with van der Waals surface area (Å²) in [5, 5.41) is 0. The normalized spacial score (nSPS) is 15.1. The first-order chi connectivity index (χ1) is 14.2. The molecule has 0 bridgehead atoms. The molecule has 3 aromatic carbocycles. The number of para-hydroxylation sites is 1. The molecule has 1 heterocycles. The molecule has 1 aliphatic heterocycles. The Morgan fingerprint density at radius 2 is 1.76 bits per heavy atom. The molecule has 1 atom stereocenters. The molecule has 0 saturated carbocycles. The van der Waals surface area contributed by atoms with E-state index in [0.717, 1.165) is 5.56 Å². The maximum Gasteiger partial charge on any atom is 0.344 e. The second kappa shape index (κ2) is 8.75. The number of carbonyl (C=O) groups is 1.